The van der Waals surface area contributed by atoms with Gasteiger partial charge in [-0.3, -0.25) is 9.59 Å². The van der Waals surface area contributed by atoms with Gasteiger partial charge in [0.25, 0.3) is 11.8 Å². The van der Waals surface area contributed by atoms with Gasteiger partial charge >= 0.3 is 6.18 Å². The number of nitrogens with two attached hydrogens (primary N) is 1. The van der Waals surface area contributed by atoms with E-state index in [0.29, 0.717) is 31.9 Å². The molecular weight excluding hydrogens is 399 g/mol. The molecule has 3 rings (SSSR count). The van der Waals surface area contributed by atoms with E-state index < -0.39 is 17.6 Å². The highest BCUT2D eigenvalue weighted by Gasteiger charge is 2.31. The Morgan fingerprint density at radius 1 is 1.07 bits per heavy atom. The van der Waals surface area contributed by atoms with Crippen LogP contribution in [0.2, 0.25) is 0 Å². The van der Waals surface area contributed by atoms with E-state index in [-0.39, 0.29) is 23.8 Å². The van der Waals surface area contributed by atoms with Crippen LogP contribution in [0.15, 0.2) is 42.5 Å². The van der Waals surface area contributed by atoms with E-state index in [1.807, 2.05) is 11.8 Å². The predicted octanol–water partition coefficient (Wildman–Crippen LogP) is 2.84. The van der Waals surface area contributed by atoms with E-state index in [4.69, 9.17) is 10.5 Å². The first-order chi connectivity index (χ1) is 14.1. The van der Waals surface area contributed by atoms with Crippen molar-refractivity contribution in [1.82, 2.24) is 4.90 Å². The number of primary amides is 1. The minimum Gasteiger partial charge on any atom is -0.483 e. The number of ether oxygens (including phenoxy) is 1. The molecule has 0 spiro atoms. The molecule has 1 fully saturated rings. The van der Waals surface area contributed by atoms with Gasteiger partial charge < -0.3 is 20.3 Å². The summed E-state index contributed by atoms with van der Waals surface area (Å²) in [6, 6.07) is 10.1. The molecule has 160 valence electrons. The van der Waals surface area contributed by atoms with E-state index in [2.05, 4.69) is 0 Å². The van der Waals surface area contributed by atoms with Crippen LogP contribution in [0.1, 0.15) is 21.5 Å². The highest BCUT2D eigenvalue weighted by atomic mass is 19.4. The standard InChI is InChI=1S/C21H22F3N3O3/c1-14-5-6-17(20(25)29)18(11-14)30-13-19(28)27-9-7-26(8-10-27)16-4-2-3-15(12-16)21(22,23)24/h2-6,11-12H,7-10,13H2,1H3,(H2,25,29). The number of amides is 2. The number of aryl methyl sites for hydroxylation is 1. The summed E-state index contributed by atoms with van der Waals surface area (Å²) >= 11 is 0. The number of carbonyl (C=O) groups excluding carboxylic acids is 2. The third kappa shape index (κ3) is 5.03. The van der Waals surface area contributed by atoms with E-state index in [1.165, 1.54) is 6.07 Å². The third-order valence-corrected chi connectivity index (χ3v) is 4.92. The zero-order valence-electron chi connectivity index (χ0n) is 16.4. The lowest BCUT2D eigenvalue weighted by atomic mass is 10.1. The molecule has 30 heavy (non-hydrogen) atoms. The van der Waals surface area contributed by atoms with Gasteiger partial charge in [-0.05, 0) is 42.8 Å². The Balaban J connectivity index is 1.58. The van der Waals surface area contributed by atoms with Crippen molar-refractivity contribution in [2.45, 2.75) is 13.1 Å². The van der Waals surface area contributed by atoms with Crippen molar-refractivity contribution >= 4 is 17.5 Å². The van der Waals surface area contributed by atoms with Crippen LogP contribution < -0.4 is 15.4 Å². The van der Waals surface area contributed by atoms with Crippen LogP contribution in [-0.2, 0) is 11.0 Å². The van der Waals surface area contributed by atoms with Crippen molar-refractivity contribution in [3.05, 3.63) is 59.2 Å². The summed E-state index contributed by atoms with van der Waals surface area (Å²) in [7, 11) is 0. The Hall–Kier alpha value is -3.23. The SMILES string of the molecule is Cc1ccc(C(N)=O)c(OCC(=O)N2CCN(c3cccc(C(F)(F)F)c3)CC2)c1. The van der Waals surface area contributed by atoms with Crippen molar-refractivity contribution in [1.29, 1.82) is 0 Å². The smallest absolute Gasteiger partial charge is 0.416 e. The summed E-state index contributed by atoms with van der Waals surface area (Å²) in [5.74, 6) is -0.666. The van der Waals surface area contributed by atoms with Crippen LogP contribution in [0.25, 0.3) is 0 Å². The van der Waals surface area contributed by atoms with Crippen LogP contribution in [0.4, 0.5) is 18.9 Å². The molecule has 2 aromatic rings. The molecule has 6 nitrogen and oxygen atoms in total. The number of hydrogen-bond donors (Lipinski definition) is 1. The number of hydrogen-bond acceptors (Lipinski definition) is 4. The zero-order valence-corrected chi connectivity index (χ0v) is 16.4. The van der Waals surface area contributed by atoms with E-state index in [0.717, 1.165) is 17.7 Å². The van der Waals surface area contributed by atoms with Gasteiger partial charge in [0.1, 0.15) is 5.75 Å². The number of rotatable bonds is 5. The minimum absolute atomic E-state index is 0.197. The van der Waals surface area contributed by atoms with Crippen molar-refractivity contribution in [3.8, 4) is 5.75 Å². The Kier molecular flexibility index (Phi) is 6.19. The van der Waals surface area contributed by atoms with Gasteiger partial charge in [-0.15, -0.1) is 0 Å². The monoisotopic (exact) mass is 421 g/mol. The van der Waals surface area contributed by atoms with Crippen molar-refractivity contribution in [2.75, 3.05) is 37.7 Å². The Morgan fingerprint density at radius 3 is 2.40 bits per heavy atom. The summed E-state index contributed by atoms with van der Waals surface area (Å²) in [6.45, 7) is 3.09. The molecule has 0 aromatic heterocycles. The van der Waals surface area contributed by atoms with Gasteiger partial charge in [0, 0.05) is 31.9 Å². The second-order valence-electron chi connectivity index (χ2n) is 7.07. The summed E-state index contributed by atoms with van der Waals surface area (Å²) in [5.41, 5.74) is 6.16. The van der Waals surface area contributed by atoms with Gasteiger partial charge in [-0.2, -0.15) is 13.2 Å². The molecule has 1 aliphatic rings. The fourth-order valence-electron chi connectivity index (χ4n) is 3.28. The molecule has 2 amide bonds. The normalized spacial score (nSPS) is 14.5. The summed E-state index contributed by atoms with van der Waals surface area (Å²) in [6.07, 6.45) is -4.40. The number of piperazine rings is 1. The molecule has 1 heterocycles. The average Bonchev–Trinajstić information content (AvgIpc) is 2.71. The van der Waals surface area contributed by atoms with E-state index in [9.17, 15) is 22.8 Å². The van der Waals surface area contributed by atoms with Gasteiger partial charge in [-0.1, -0.05) is 12.1 Å². The van der Waals surface area contributed by atoms with Gasteiger partial charge in [0.15, 0.2) is 6.61 Å². The van der Waals surface area contributed by atoms with Gasteiger partial charge in [0.05, 0.1) is 11.1 Å². The fourth-order valence-corrected chi connectivity index (χ4v) is 3.28. The second kappa shape index (κ2) is 8.64. The largest absolute Gasteiger partial charge is 0.483 e. The molecule has 2 N–H and O–H groups in total. The molecule has 2 aromatic carbocycles. The molecule has 0 aliphatic carbocycles. The van der Waals surface area contributed by atoms with Crippen molar-refractivity contribution in [3.63, 3.8) is 0 Å². The summed E-state index contributed by atoms with van der Waals surface area (Å²) in [5, 5.41) is 0. The lowest BCUT2D eigenvalue weighted by molar-refractivity contribution is -0.137. The van der Waals surface area contributed by atoms with Crippen LogP contribution in [0, 0.1) is 6.92 Å². The molecule has 0 unspecified atom stereocenters. The topological polar surface area (TPSA) is 75.9 Å². The van der Waals surface area contributed by atoms with Gasteiger partial charge in [-0.25, -0.2) is 0 Å². The maximum absolute atomic E-state index is 12.9. The maximum Gasteiger partial charge on any atom is 0.416 e. The highest BCUT2D eigenvalue weighted by Crippen LogP contribution is 2.32. The molecule has 9 heteroatoms. The van der Waals surface area contributed by atoms with Crippen molar-refractivity contribution < 1.29 is 27.5 Å². The minimum atomic E-state index is -4.40. The number of nitrogens with zero attached hydrogens (tertiary/aromatic N) is 2. The predicted molar refractivity (Wildman–Crippen MR) is 105 cm³/mol. The number of halogens is 3. The van der Waals surface area contributed by atoms with Crippen molar-refractivity contribution in [2.24, 2.45) is 5.73 Å². The highest BCUT2D eigenvalue weighted by molar-refractivity contribution is 5.95. The molecule has 0 bridgehead atoms. The average molecular weight is 421 g/mol. The fraction of sp³-hybridized carbons (Fsp3) is 0.333. The molecule has 0 atom stereocenters. The second-order valence-corrected chi connectivity index (χ2v) is 7.07. The Bertz CT molecular complexity index is 939. The first-order valence-corrected chi connectivity index (χ1v) is 9.38. The van der Waals surface area contributed by atoms with Gasteiger partial charge in [0.2, 0.25) is 0 Å². The van der Waals surface area contributed by atoms with E-state index >= 15 is 0 Å². The lowest BCUT2D eigenvalue weighted by Gasteiger charge is -2.36. The molecule has 1 aliphatic heterocycles. The third-order valence-electron chi connectivity index (χ3n) is 4.92. The quantitative estimate of drug-likeness (QED) is 0.806. The number of benzene rings is 2. The van der Waals surface area contributed by atoms with Crippen LogP contribution in [-0.4, -0.2) is 49.5 Å². The number of anilines is 1. The van der Waals surface area contributed by atoms with Crippen LogP contribution >= 0.6 is 0 Å². The first-order valence-electron chi connectivity index (χ1n) is 9.38. The summed E-state index contributed by atoms with van der Waals surface area (Å²) < 4.78 is 44.3. The molecule has 1 saturated heterocycles. The lowest BCUT2D eigenvalue weighted by Crippen LogP contribution is -2.50. The summed E-state index contributed by atoms with van der Waals surface area (Å²) in [4.78, 5) is 27.4. The van der Waals surface area contributed by atoms with E-state index in [1.54, 1.807) is 29.2 Å². The number of carbonyl (C=O) groups is 2. The molecular formula is C21H22F3N3O3. The molecule has 0 radical (unpaired) electrons. The first kappa shape index (κ1) is 21.5. The number of alkyl halides is 3. The molecule has 0 saturated carbocycles. The zero-order chi connectivity index (χ0) is 21.9. The maximum atomic E-state index is 12.9. The Labute approximate surface area is 172 Å². The Morgan fingerprint density at radius 2 is 1.77 bits per heavy atom. The van der Waals surface area contributed by atoms with Crippen LogP contribution in [0.5, 0.6) is 5.75 Å². The van der Waals surface area contributed by atoms with Crippen LogP contribution in [0.3, 0.4) is 0 Å².